The molecule has 3 aromatic rings. The number of anilines is 1. The Kier molecular flexibility index (Phi) is 5.26. The van der Waals surface area contributed by atoms with Crippen LogP contribution >= 0.6 is 0 Å². The van der Waals surface area contributed by atoms with Crippen LogP contribution in [0.5, 0.6) is 0 Å². The number of H-pyrrole nitrogens is 1. The highest BCUT2D eigenvalue weighted by atomic mass is 16.1. The third-order valence-electron chi connectivity index (χ3n) is 5.57. The SMILES string of the molecule is CCCN1CCC(c2c[nH]c3ccc(NC(=O)c4ccccc4)cc23)CC1. The number of benzene rings is 2. The number of fused-ring (bicyclic) bond motifs is 1. The number of nitrogens with one attached hydrogen (secondary N) is 2. The molecule has 2 heterocycles. The van der Waals surface area contributed by atoms with E-state index in [9.17, 15) is 4.79 Å². The van der Waals surface area contributed by atoms with Gasteiger partial charge in [-0.05, 0) is 80.7 Å². The molecule has 4 nitrogen and oxygen atoms in total. The molecule has 140 valence electrons. The van der Waals surface area contributed by atoms with Crippen molar-refractivity contribution in [2.75, 3.05) is 25.0 Å². The molecule has 1 aromatic heterocycles. The van der Waals surface area contributed by atoms with Crippen LogP contribution in [0.4, 0.5) is 5.69 Å². The van der Waals surface area contributed by atoms with Gasteiger partial charge < -0.3 is 15.2 Å². The lowest BCUT2D eigenvalue weighted by molar-refractivity contribution is 0.102. The van der Waals surface area contributed by atoms with E-state index in [0.29, 0.717) is 11.5 Å². The number of hydrogen-bond acceptors (Lipinski definition) is 2. The van der Waals surface area contributed by atoms with Crippen LogP contribution in [0.15, 0.2) is 54.7 Å². The number of amides is 1. The van der Waals surface area contributed by atoms with Crippen LogP contribution in [0.25, 0.3) is 10.9 Å². The zero-order chi connectivity index (χ0) is 18.6. The van der Waals surface area contributed by atoms with E-state index in [2.05, 4.69) is 40.5 Å². The van der Waals surface area contributed by atoms with E-state index < -0.39 is 0 Å². The largest absolute Gasteiger partial charge is 0.361 e. The first-order valence-corrected chi connectivity index (χ1v) is 9.94. The van der Waals surface area contributed by atoms with Crippen molar-refractivity contribution in [3.8, 4) is 0 Å². The quantitative estimate of drug-likeness (QED) is 0.671. The van der Waals surface area contributed by atoms with Gasteiger partial charge in [0.2, 0.25) is 0 Å². The minimum Gasteiger partial charge on any atom is -0.361 e. The van der Waals surface area contributed by atoms with Crippen LogP contribution in [0.1, 0.15) is 48.0 Å². The van der Waals surface area contributed by atoms with Gasteiger partial charge in [-0.15, -0.1) is 0 Å². The molecule has 27 heavy (non-hydrogen) atoms. The first-order chi connectivity index (χ1) is 13.2. The molecule has 1 aliphatic rings. The molecule has 0 bridgehead atoms. The molecule has 0 aliphatic carbocycles. The van der Waals surface area contributed by atoms with Crippen molar-refractivity contribution >= 4 is 22.5 Å². The molecule has 4 rings (SSSR count). The summed E-state index contributed by atoms with van der Waals surface area (Å²) in [6, 6.07) is 15.5. The Hall–Kier alpha value is -2.59. The van der Waals surface area contributed by atoms with Gasteiger partial charge in [0.15, 0.2) is 0 Å². The number of carbonyl (C=O) groups excluding carboxylic acids is 1. The van der Waals surface area contributed by atoms with Crippen molar-refractivity contribution in [3.63, 3.8) is 0 Å². The molecule has 4 heteroatoms. The summed E-state index contributed by atoms with van der Waals surface area (Å²) < 4.78 is 0. The third kappa shape index (κ3) is 3.91. The van der Waals surface area contributed by atoms with Crippen molar-refractivity contribution in [1.82, 2.24) is 9.88 Å². The minimum atomic E-state index is -0.0695. The summed E-state index contributed by atoms with van der Waals surface area (Å²) in [6.07, 6.45) is 5.79. The van der Waals surface area contributed by atoms with Crippen molar-refractivity contribution in [3.05, 3.63) is 65.9 Å². The highest BCUT2D eigenvalue weighted by Crippen LogP contribution is 2.34. The summed E-state index contributed by atoms with van der Waals surface area (Å²) in [7, 11) is 0. The van der Waals surface area contributed by atoms with Gasteiger partial charge in [-0.25, -0.2) is 0 Å². The maximum absolute atomic E-state index is 12.4. The first kappa shape index (κ1) is 17.8. The molecule has 0 radical (unpaired) electrons. The van der Waals surface area contributed by atoms with Gasteiger partial charge in [-0.1, -0.05) is 25.1 Å². The molecule has 1 aliphatic heterocycles. The topological polar surface area (TPSA) is 48.1 Å². The van der Waals surface area contributed by atoms with Gasteiger partial charge in [0.05, 0.1) is 0 Å². The lowest BCUT2D eigenvalue weighted by Crippen LogP contribution is -2.33. The molecule has 2 N–H and O–H groups in total. The zero-order valence-corrected chi connectivity index (χ0v) is 15.9. The Morgan fingerprint density at radius 1 is 1.15 bits per heavy atom. The Bertz CT molecular complexity index is 908. The average Bonchev–Trinajstić information content (AvgIpc) is 3.13. The van der Waals surface area contributed by atoms with Crippen LogP contribution < -0.4 is 5.32 Å². The standard InChI is InChI=1S/C23H27N3O/c1-2-12-26-13-10-17(11-14-26)21-16-24-22-9-8-19(15-20(21)22)25-23(27)18-6-4-3-5-7-18/h3-9,15-17,24H,2,10-14H2,1H3,(H,25,27). The van der Waals surface area contributed by atoms with Gasteiger partial charge in [-0.3, -0.25) is 4.79 Å². The van der Waals surface area contributed by atoms with Crippen LogP contribution in [-0.2, 0) is 0 Å². The molecule has 0 spiro atoms. The zero-order valence-electron chi connectivity index (χ0n) is 15.9. The van der Waals surface area contributed by atoms with E-state index in [0.717, 1.165) is 11.2 Å². The van der Waals surface area contributed by atoms with E-state index in [1.807, 2.05) is 36.4 Å². The highest BCUT2D eigenvalue weighted by Gasteiger charge is 2.22. The first-order valence-electron chi connectivity index (χ1n) is 9.94. The van der Waals surface area contributed by atoms with Crippen LogP contribution in [0.3, 0.4) is 0 Å². The summed E-state index contributed by atoms with van der Waals surface area (Å²) in [5, 5.41) is 4.26. The number of carbonyl (C=O) groups is 1. The minimum absolute atomic E-state index is 0.0695. The van der Waals surface area contributed by atoms with Gasteiger partial charge in [-0.2, -0.15) is 0 Å². The number of aromatic amines is 1. The fourth-order valence-corrected chi connectivity index (χ4v) is 4.13. The molecule has 1 fully saturated rings. The van der Waals surface area contributed by atoms with E-state index in [-0.39, 0.29) is 5.91 Å². The smallest absolute Gasteiger partial charge is 0.255 e. The number of nitrogens with zero attached hydrogens (tertiary/aromatic N) is 1. The summed E-state index contributed by atoms with van der Waals surface area (Å²) in [6.45, 7) is 5.80. The van der Waals surface area contributed by atoms with Crippen LogP contribution in [0, 0.1) is 0 Å². The average molecular weight is 361 g/mol. The number of hydrogen-bond donors (Lipinski definition) is 2. The number of piperidine rings is 1. The van der Waals surface area contributed by atoms with Crippen molar-refractivity contribution in [2.45, 2.75) is 32.1 Å². The molecule has 1 amide bonds. The Morgan fingerprint density at radius 3 is 2.67 bits per heavy atom. The lowest BCUT2D eigenvalue weighted by Gasteiger charge is -2.31. The highest BCUT2D eigenvalue weighted by molar-refractivity contribution is 6.05. The molecule has 1 saturated heterocycles. The van der Waals surface area contributed by atoms with Gasteiger partial charge in [0.1, 0.15) is 0 Å². The Morgan fingerprint density at radius 2 is 1.93 bits per heavy atom. The van der Waals surface area contributed by atoms with Gasteiger partial charge in [0, 0.05) is 28.4 Å². The second-order valence-electron chi connectivity index (χ2n) is 7.44. The maximum atomic E-state index is 12.4. The van der Waals surface area contributed by atoms with Crippen molar-refractivity contribution < 1.29 is 4.79 Å². The Balaban J connectivity index is 1.52. The fourth-order valence-electron chi connectivity index (χ4n) is 4.13. The molecule has 0 saturated carbocycles. The predicted octanol–water partition coefficient (Wildman–Crippen LogP) is 5.01. The Labute approximate surface area is 160 Å². The third-order valence-corrected chi connectivity index (χ3v) is 5.57. The monoisotopic (exact) mass is 361 g/mol. The van der Waals surface area contributed by atoms with Crippen LogP contribution in [0.2, 0.25) is 0 Å². The summed E-state index contributed by atoms with van der Waals surface area (Å²) >= 11 is 0. The molecule has 0 atom stereocenters. The summed E-state index contributed by atoms with van der Waals surface area (Å²) in [4.78, 5) is 18.4. The number of aromatic nitrogens is 1. The van der Waals surface area contributed by atoms with E-state index in [4.69, 9.17) is 0 Å². The number of likely N-dealkylation sites (tertiary alicyclic amines) is 1. The fraction of sp³-hybridized carbons (Fsp3) is 0.348. The predicted molar refractivity (Wildman–Crippen MR) is 111 cm³/mol. The van der Waals surface area contributed by atoms with Crippen molar-refractivity contribution in [1.29, 1.82) is 0 Å². The van der Waals surface area contributed by atoms with E-state index >= 15 is 0 Å². The van der Waals surface area contributed by atoms with Crippen LogP contribution in [-0.4, -0.2) is 35.4 Å². The maximum Gasteiger partial charge on any atom is 0.255 e. The summed E-state index contributed by atoms with van der Waals surface area (Å²) in [5.41, 5.74) is 4.05. The molecule has 2 aromatic carbocycles. The van der Waals surface area contributed by atoms with Crippen molar-refractivity contribution in [2.24, 2.45) is 0 Å². The van der Waals surface area contributed by atoms with E-state index in [1.165, 1.54) is 49.8 Å². The van der Waals surface area contributed by atoms with Gasteiger partial charge in [0.25, 0.3) is 5.91 Å². The molecular formula is C23H27N3O. The van der Waals surface area contributed by atoms with E-state index in [1.54, 1.807) is 0 Å². The lowest BCUT2D eigenvalue weighted by atomic mass is 9.89. The van der Waals surface area contributed by atoms with Gasteiger partial charge >= 0.3 is 0 Å². The second-order valence-corrected chi connectivity index (χ2v) is 7.44. The number of rotatable bonds is 5. The molecule has 0 unspecified atom stereocenters. The second kappa shape index (κ2) is 7.97. The summed E-state index contributed by atoms with van der Waals surface area (Å²) in [5.74, 6) is 0.520. The molecular weight excluding hydrogens is 334 g/mol. The normalized spacial score (nSPS) is 15.9.